The lowest BCUT2D eigenvalue weighted by molar-refractivity contribution is -0.120. The Morgan fingerprint density at radius 3 is 2.62 bits per heavy atom. The second kappa shape index (κ2) is 6.32. The summed E-state index contributed by atoms with van der Waals surface area (Å²) in [6.45, 7) is 1.94. The number of carbonyl (C=O) groups excluding carboxylic acids is 1. The van der Waals surface area contributed by atoms with Crippen LogP contribution in [0.3, 0.4) is 0 Å². The molecule has 1 aliphatic rings. The summed E-state index contributed by atoms with van der Waals surface area (Å²) in [6, 6.07) is 18.6. The van der Waals surface area contributed by atoms with Gasteiger partial charge < -0.3 is 5.32 Å². The first-order chi connectivity index (χ1) is 11.7. The Hall–Kier alpha value is -2.27. The number of hydrogen-bond donors (Lipinski definition) is 1. The van der Waals surface area contributed by atoms with E-state index in [4.69, 9.17) is 4.98 Å². The first-order valence-corrected chi connectivity index (χ1v) is 9.10. The van der Waals surface area contributed by atoms with Gasteiger partial charge in [0, 0.05) is 11.7 Å². The van der Waals surface area contributed by atoms with Crippen molar-refractivity contribution >= 4 is 28.7 Å². The molecular formula is C19H19N3OS. The molecule has 3 aromatic rings. The van der Waals surface area contributed by atoms with Crippen LogP contribution in [0, 0.1) is 0 Å². The lowest BCUT2D eigenvalue weighted by atomic mass is 10.3. The first-order valence-electron chi connectivity index (χ1n) is 8.22. The van der Waals surface area contributed by atoms with Crippen LogP contribution in [-0.2, 0) is 4.79 Å². The zero-order valence-corrected chi connectivity index (χ0v) is 14.3. The Balaban J connectivity index is 1.70. The van der Waals surface area contributed by atoms with Crippen molar-refractivity contribution in [3.63, 3.8) is 0 Å². The number of fused-ring (bicyclic) bond motifs is 1. The molecule has 0 spiro atoms. The molecular weight excluding hydrogens is 318 g/mol. The second-order valence-corrected chi connectivity index (χ2v) is 7.40. The van der Waals surface area contributed by atoms with Crippen LogP contribution in [0.1, 0.15) is 19.8 Å². The number of benzene rings is 2. The Kier molecular flexibility index (Phi) is 4.02. The summed E-state index contributed by atoms with van der Waals surface area (Å²) >= 11 is 1.51. The number of rotatable bonds is 5. The highest BCUT2D eigenvalue weighted by atomic mass is 32.2. The van der Waals surface area contributed by atoms with Gasteiger partial charge in [0.05, 0.1) is 16.3 Å². The van der Waals surface area contributed by atoms with Gasteiger partial charge in [0.25, 0.3) is 0 Å². The number of para-hydroxylation sites is 3. The highest BCUT2D eigenvalue weighted by molar-refractivity contribution is 8.00. The minimum Gasteiger partial charge on any atom is -0.352 e. The third kappa shape index (κ3) is 3.04. The number of aromatic nitrogens is 2. The van der Waals surface area contributed by atoms with Gasteiger partial charge in [0.15, 0.2) is 5.16 Å². The number of carbonyl (C=O) groups is 1. The van der Waals surface area contributed by atoms with E-state index in [9.17, 15) is 4.79 Å². The predicted molar refractivity (Wildman–Crippen MR) is 97.6 cm³/mol. The molecule has 0 radical (unpaired) electrons. The number of hydrogen-bond acceptors (Lipinski definition) is 3. The van der Waals surface area contributed by atoms with Gasteiger partial charge in [-0.05, 0) is 44.0 Å². The Morgan fingerprint density at radius 1 is 1.17 bits per heavy atom. The van der Waals surface area contributed by atoms with Gasteiger partial charge in [-0.25, -0.2) is 4.98 Å². The van der Waals surface area contributed by atoms with E-state index < -0.39 is 0 Å². The Morgan fingerprint density at radius 2 is 1.88 bits per heavy atom. The minimum absolute atomic E-state index is 0.0918. The SMILES string of the molecule is C[C@H](Sc1nc2ccccc2n1-c1ccccc1)C(=O)NC1CC1. The van der Waals surface area contributed by atoms with Crippen LogP contribution in [0.15, 0.2) is 59.8 Å². The molecule has 1 saturated carbocycles. The molecule has 1 amide bonds. The van der Waals surface area contributed by atoms with Crippen LogP contribution >= 0.6 is 11.8 Å². The molecule has 24 heavy (non-hydrogen) atoms. The average molecular weight is 337 g/mol. The number of nitrogens with zero attached hydrogens (tertiary/aromatic N) is 2. The summed E-state index contributed by atoms with van der Waals surface area (Å²) in [5.41, 5.74) is 3.06. The topological polar surface area (TPSA) is 46.9 Å². The largest absolute Gasteiger partial charge is 0.352 e. The maximum Gasteiger partial charge on any atom is 0.233 e. The monoisotopic (exact) mass is 337 g/mol. The van der Waals surface area contributed by atoms with Crippen LogP contribution in [0.25, 0.3) is 16.7 Å². The number of nitrogens with one attached hydrogen (secondary N) is 1. The van der Waals surface area contributed by atoms with Crippen molar-refractivity contribution in [3.05, 3.63) is 54.6 Å². The molecule has 4 rings (SSSR count). The highest BCUT2D eigenvalue weighted by Crippen LogP contribution is 2.31. The summed E-state index contributed by atoms with van der Waals surface area (Å²) in [4.78, 5) is 17.0. The van der Waals surface area contributed by atoms with E-state index in [1.807, 2.05) is 43.3 Å². The van der Waals surface area contributed by atoms with Crippen LogP contribution < -0.4 is 5.32 Å². The summed E-state index contributed by atoms with van der Waals surface area (Å²) in [7, 11) is 0. The number of imidazole rings is 1. The molecule has 4 nitrogen and oxygen atoms in total. The van der Waals surface area contributed by atoms with Crippen molar-refractivity contribution < 1.29 is 4.79 Å². The summed E-state index contributed by atoms with van der Waals surface area (Å²) in [5, 5.41) is 3.74. The molecule has 1 heterocycles. The van der Waals surface area contributed by atoms with Crippen LogP contribution in [0.5, 0.6) is 0 Å². The van der Waals surface area contributed by atoms with Gasteiger partial charge in [-0.15, -0.1) is 0 Å². The molecule has 0 aliphatic heterocycles. The van der Waals surface area contributed by atoms with Gasteiger partial charge in [0.1, 0.15) is 0 Å². The average Bonchev–Trinajstić information content (AvgIpc) is 3.34. The van der Waals surface area contributed by atoms with Crippen molar-refractivity contribution in [2.75, 3.05) is 0 Å². The predicted octanol–water partition coefficient (Wildman–Crippen LogP) is 3.78. The van der Waals surface area contributed by atoms with Gasteiger partial charge in [-0.2, -0.15) is 0 Å². The lowest BCUT2D eigenvalue weighted by Crippen LogP contribution is -2.32. The third-order valence-corrected chi connectivity index (χ3v) is 5.17. The highest BCUT2D eigenvalue weighted by Gasteiger charge is 2.27. The Bertz CT molecular complexity index is 871. The molecule has 2 aromatic carbocycles. The van der Waals surface area contributed by atoms with Crippen LogP contribution in [0.4, 0.5) is 0 Å². The summed E-state index contributed by atoms with van der Waals surface area (Å²) in [6.07, 6.45) is 2.21. The fourth-order valence-corrected chi connectivity index (χ4v) is 3.62. The summed E-state index contributed by atoms with van der Waals surface area (Å²) in [5.74, 6) is 0.0918. The fourth-order valence-electron chi connectivity index (χ4n) is 2.67. The molecule has 0 saturated heterocycles. The molecule has 1 fully saturated rings. The molecule has 1 N–H and O–H groups in total. The van der Waals surface area contributed by atoms with Crippen molar-refractivity contribution in [2.24, 2.45) is 0 Å². The van der Waals surface area contributed by atoms with Gasteiger partial charge in [-0.3, -0.25) is 9.36 Å². The zero-order valence-electron chi connectivity index (χ0n) is 13.5. The van der Waals surface area contributed by atoms with E-state index in [0.717, 1.165) is 34.7 Å². The molecule has 5 heteroatoms. The third-order valence-electron chi connectivity index (χ3n) is 4.12. The van der Waals surface area contributed by atoms with Crippen molar-refractivity contribution in [3.8, 4) is 5.69 Å². The number of thioether (sulfide) groups is 1. The number of amides is 1. The fraction of sp³-hybridized carbons (Fsp3) is 0.263. The first kappa shape index (κ1) is 15.3. The van der Waals surface area contributed by atoms with E-state index in [1.54, 1.807) is 0 Å². The van der Waals surface area contributed by atoms with E-state index in [0.29, 0.717) is 6.04 Å². The van der Waals surface area contributed by atoms with Crippen molar-refractivity contribution in [1.29, 1.82) is 0 Å². The normalized spacial score (nSPS) is 15.4. The molecule has 0 bridgehead atoms. The second-order valence-electron chi connectivity index (χ2n) is 6.10. The van der Waals surface area contributed by atoms with Gasteiger partial charge >= 0.3 is 0 Å². The molecule has 1 aromatic heterocycles. The Labute approximate surface area is 145 Å². The van der Waals surface area contributed by atoms with E-state index >= 15 is 0 Å². The quantitative estimate of drug-likeness (QED) is 0.721. The molecule has 0 unspecified atom stereocenters. The minimum atomic E-state index is -0.176. The summed E-state index contributed by atoms with van der Waals surface area (Å²) < 4.78 is 2.13. The van der Waals surface area contributed by atoms with Crippen LogP contribution in [-0.4, -0.2) is 26.8 Å². The maximum atomic E-state index is 12.3. The standard InChI is InChI=1S/C19H19N3OS/c1-13(18(23)20-14-11-12-14)24-19-21-16-9-5-6-10-17(16)22(19)15-7-3-2-4-8-15/h2-10,13-14H,11-12H2,1H3,(H,20,23)/t13-/m0/s1. The van der Waals surface area contributed by atoms with E-state index in [2.05, 4.69) is 28.1 Å². The van der Waals surface area contributed by atoms with Crippen molar-refractivity contribution in [1.82, 2.24) is 14.9 Å². The smallest absolute Gasteiger partial charge is 0.233 e. The lowest BCUT2D eigenvalue weighted by Gasteiger charge is -2.13. The molecule has 1 aliphatic carbocycles. The molecule has 122 valence electrons. The maximum absolute atomic E-state index is 12.3. The molecule has 1 atom stereocenters. The van der Waals surface area contributed by atoms with Crippen molar-refractivity contribution in [2.45, 2.75) is 36.2 Å². The van der Waals surface area contributed by atoms with E-state index in [1.165, 1.54) is 11.8 Å². The van der Waals surface area contributed by atoms with Gasteiger partial charge in [0.2, 0.25) is 5.91 Å². The van der Waals surface area contributed by atoms with Crippen LogP contribution in [0.2, 0.25) is 0 Å². The van der Waals surface area contributed by atoms with E-state index in [-0.39, 0.29) is 11.2 Å². The van der Waals surface area contributed by atoms with Gasteiger partial charge in [-0.1, -0.05) is 42.1 Å². The zero-order chi connectivity index (χ0) is 16.5.